The van der Waals surface area contributed by atoms with Crippen LogP contribution in [-0.4, -0.2) is 12.5 Å². The highest BCUT2D eigenvalue weighted by molar-refractivity contribution is 5.97. The van der Waals surface area contributed by atoms with Gasteiger partial charge in [-0.25, -0.2) is 0 Å². The maximum atomic E-state index is 12.9. The largest absolute Gasteiger partial charge is 0.330 e. The fourth-order valence-corrected chi connectivity index (χ4v) is 3.10. The maximum absolute atomic E-state index is 12.9. The molecular formula is C21H24N2O. The first-order valence-electron chi connectivity index (χ1n) is 8.65. The van der Waals surface area contributed by atoms with Gasteiger partial charge < -0.3 is 10.6 Å². The highest BCUT2D eigenvalue weighted by atomic mass is 16.2. The van der Waals surface area contributed by atoms with Crippen molar-refractivity contribution in [3.63, 3.8) is 0 Å². The molecule has 0 saturated carbocycles. The minimum absolute atomic E-state index is 0.185. The summed E-state index contributed by atoms with van der Waals surface area (Å²) in [5, 5.41) is 0. The number of carbonyl (C=O) groups is 1. The summed E-state index contributed by atoms with van der Waals surface area (Å²) in [7, 11) is 0. The number of hydrogen-bond donors (Lipinski definition) is 1. The Balaban J connectivity index is 1.89. The van der Waals surface area contributed by atoms with Crippen LogP contribution in [0.2, 0.25) is 0 Å². The second-order valence-corrected chi connectivity index (χ2v) is 6.17. The molecule has 1 aliphatic heterocycles. The van der Waals surface area contributed by atoms with Gasteiger partial charge in [-0.3, -0.25) is 4.79 Å². The fraction of sp³-hybridized carbons (Fsp3) is 0.286. The van der Waals surface area contributed by atoms with Crippen molar-refractivity contribution in [1.82, 2.24) is 0 Å². The van der Waals surface area contributed by atoms with Crippen molar-refractivity contribution in [1.29, 1.82) is 0 Å². The van der Waals surface area contributed by atoms with E-state index in [9.17, 15) is 4.79 Å². The lowest BCUT2D eigenvalue weighted by Crippen LogP contribution is -2.31. The molecule has 2 aromatic rings. The van der Waals surface area contributed by atoms with Gasteiger partial charge in [-0.1, -0.05) is 61.0 Å². The zero-order valence-electron chi connectivity index (χ0n) is 13.9. The lowest BCUT2D eigenvalue weighted by molar-refractivity contribution is -0.118. The van der Waals surface area contributed by atoms with Crippen LogP contribution in [-0.2, 0) is 11.3 Å². The third-order valence-corrected chi connectivity index (χ3v) is 4.45. The Kier molecular flexibility index (Phi) is 5.44. The van der Waals surface area contributed by atoms with E-state index in [4.69, 9.17) is 5.73 Å². The van der Waals surface area contributed by atoms with Gasteiger partial charge in [-0.15, -0.1) is 0 Å². The topological polar surface area (TPSA) is 46.3 Å². The molecule has 1 amide bonds. The Morgan fingerprint density at radius 1 is 0.917 bits per heavy atom. The van der Waals surface area contributed by atoms with Gasteiger partial charge in [0, 0.05) is 6.42 Å². The maximum Gasteiger partial charge on any atom is 0.227 e. The molecule has 0 aliphatic carbocycles. The number of fused-ring (bicyclic) bond motifs is 2. The average Bonchev–Trinajstić information content (AvgIpc) is 2.60. The SMILES string of the molecule is NCCCCCC(=O)N1Cc2ccccc2/C=C\c2ccccc21. The van der Waals surface area contributed by atoms with E-state index in [0.29, 0.717) is 19.5 Å². The molecule has 24 heavy (non-hydrogen) atoms. The van der Waals surface area contributed by atoms with Gasteiger partial charge in [0.05, 0.1) is 12.2 Å². The normalized spacial score (nSPS) is 14.3. The van der Waals surface area contributed by atoms with E-state index in [-0.39, 0.29) is 5.91 Å². The smallest absolute Gasteiger partial charge is 0.227 e. The Morgan fingerprint density at radius 3 is 2.46 bits per heavy atom. The quantitative estimate of drug-likeness (QED) is 0.838. The first kappa shape index (κ1) is 16.5. The summed E-state index contributed by atoms with van der Waals surface area (Å²) >= 11 is 0. The predicted molar refractivity (Wildman–Crippen MR) is 101 cm³/mol. The lowest BCUT2D eigenvalue weighted by atomic mass is 10.0. The Hall–Kier alpha value is -2.39. The average molecular weight is 320 g/mol. The lowest BCUT2D eigenvalue weighted by Gasteiger charge is -2.27. The summed E-state index contributed by atoms with van der Waals surface area (Å²) in [5.41, 5.74) is 9.97. The summed E-state index contributed by atoms with van der Waals surface area (Å²) in [4.78, 5) is 14.8. The number of carbonyl (C=O) groups excluding carboxylic acids is 1. The van der Waals surface area contributed by atoms with Gasteiger partial charge in [-0.05, 0) is 42.1 Å². The molecule has 3 nitrogen and oxygen atoms in total. The number of hydrogen-bond acceptors (Lipinski definition) is 2. The minimum Gasteiger partial charge on any atom is -0.330 e. The second kappa shape index (κ2) is 7.93. The molecule has 0 aromatic heterocycles. The molecule has 0 radical (unpaired) electrons. The molecule has 3 rings (SSSR count). The van der Waals surface area contributed by atoms with Crippen LogP contribution in [0.25, 0.3) is 12.2 Å². The molecule has 0 spiro atoms. The Morgan fingerprint density at radius 2 is 1.62 bits per heavy atom. The number of anilines is 1. The van der Waals surface area contributed by atoms with Crippen LogP contribution in [0, 0.1) is 0 Å². The first-order chi connectivity index (χ1) is 11.8. The van der Waals surface area contributed by atoms with Gasteiger partial charge in [-0.2, -0.15) is 0 Å². The molecule has 1 aliphatic rings. The van der Waals surface area contributed by atoms with Crippen molar-refractivity contribution in [2.45, 2.75) is 32.2 Å². The number of nitrogens with zero attached hydrogens (tertiary/aromatic N) is 1. The molecule has 0 bridgehead atoms. The minimum atomic E-state index is 0.185. The first-order valence-corrected chi connectivity index (χ1v) is 8.65. The summed E-state index contributed by atoms with van der Waals surface area (Å²) in [6.45, 7) is 1.31. The van der Waals surface area contributed by atoms with Crippen LogP contribution in [0.4, 0.5) is 5.69 Å². The van der Waals surface area contributed by atoms with E-state index in [2.05, 4.69) is 30.4 Å². The summed E-state index contributed by atoms with van der Waals surface area (Å²) in [5.74, 6) is 0.185. The molecule has 0 atom stereocenters. The number of unbranched alkanes of at least 4 members (excludes halogenated alkanes) is 2. The third kappa shape index (κ3) is 3.74. The summed E-state index contributed by atoms with van der Waals surface area (Å²) in [6.07, 6.45) is 7.69. The number of rotatable bonds is 5. The third-order valence-electron chi connectivity index (χ3n) is 4.45. The van der Waals surface area contributed by atoms with Gasteiger partial charge in [0.25, 0.3) is 0 Å². The van der Waals surface area contributed by atoms with Crippen molar-refractivity contribution in [3.8, 4) is 0 Å². The van der Waals surface area contributed by atoms with E-state index < -0.39 is 0 Å². The molecular weight excluding hydrogens is 296 g/mol. The monoisotopic (exact) mass is 320 g/mol. The highest BCUT2D eigenvalue weighted by Gasteiger charge is 2.20. The Bertz CT molecular complexity index is 736. The van der Waals surface area contributed by atoms with Crippen molar-refractivity contribution < 1.29 is 4.79 Å². The van der Waals surface area contributed by atoms with Gasteiger partial charge in [0.15, 0.2) is 0 Å². The molecule has 3 heteroatoms. The van der Waals surface area contributed by atoms with Crippen LogP contribution in [0.3, 0.4) is 0 Å². The van der Waals surface area contributed by atoms with E-state index in [0.717, 1.165) is 30.5 Å². The highest BCUT2D eigenvalue weighted by Crippen LogP contribution is 2.29. The standard InChI is InChI=1S/C21H24N2O/c22-15-7-1-2-12-21(24)23-16-19-10-4-3-8-17(19)13-14-18-9-5-6-11-20(18)23/h3-6,8-11,13-14H,1-2,7,12,15-16,22H2/b14-13-. The molecule has 0 unspecified atom stereocenters. The molecule has 2 aromatic carbocycles. The van der Waals surface area contributed by atoms with Gasteiger partial charge in [0.2, 0.25) is 5.91 Å². The van der Waals surface area contributed by atoms with Crippen molar-refractivity contribution in [2.24, 2.45) is 5.73 Å². The van der Waals surface area contributed by atoms with E-state index in [1.54, 1.807) is 0 Å². The van der Waals surface area contributed by atoms with Crippen molar-refractivity contribution in [2.75, 3.05) is 11.4 Å². The molecule has 124 valence electrons. The molecule has 0 fully saturated rings. The van der Waals surface area contributed by atoms with Crippen molar-refractivity contribution >= 4 is 23.7 Å². The van der Waals surface area contributed by atoms with Crippen LogP contribution in [0.15, 0.2) is 48.5 Å². The summed E-state index contributed by atoms with van der Waals surface area (Å²) < 4.78 is 0. The van der Waals surface area contributed by atoms with Crippen LogP contribution in [0.1, 0.15) is 42.4 Å². The molecule has 1 heterocycles. The zero-order chi connectivity index (χ0) is 16.8. The number of para-hydroxylation sites is 1. The number of amides is 1. The second-order valence-electron chi connectivity index (χ2n) is 6.17. The Labute approximate surface area is 143 Å². The van der Waals surface area contributed by atoms with Crippen molar-refractivity contribution in [3.05, 3.63) is 65.2 Å². The van der Waals surface area contributed by atoms with Gasteiger partial charge >= 0.3 is 0 Å². The fourth-order valence-electron chi connectivity index (χ4n) is 3.10. The molecule has 0 saturated heterocycles. The summed E-state index contributed by atoms with van der Waals surface area (Å²) in [6, 6.07) is 16.4. The number of nitrogens with two attached hydrogens (primary N) is 1. The molecule has 2 N–H and O–H groups in total. The number of benzene rings is 2. The van der Waals surface area contributed by atoms with E-state index >= 15 is 0 Å². The van der Waals surface area contributed by atoms with Crippen LogP contribution < -0.4 is 10.6 Å². The predicted octanol–water partition coefficient (Wildman–Crippen LogP) is 4.22. The zero-order valence-corrected chi connectivity index (χ0v) is 13.9. The van der Waals surface area contributed by atoms with Gasteiger partial charge in [0.1, 0.15) is 0 Å². The van der Waals surface area contributed by atoms with E-state index in [1.165, 1.54) is 11.1 Å². The van der Waals surface area contributed by atoms with E-state index in [1.807, 2.05) is 35.2 Å². The van der Waals surface area contributed by atoms with Crippen LogP contribution in [0.5, 0.6) is 0 Å². The van der Waals surface area contributed by atoms with Crippen LogP contribution >= 0.6 is 0 Å².